The van der Waals surface area contributed by atoms with Crippen molar-refractivity contribution in [2.75, 3.05) is 6.54 Å². The quantitative estimate of drug-likeness (QED) is 0.914. The highest BCUT2D eigenvalue weighted by Crippen LogP contribution is 2.29. The first-order valence-electron chi connectivity index (χ1n) is 7.27. The van der Waals surface area contributed by atoms with Crippen molar-refractivity contribution in [2.24, 2.45) is 0 Å². The number of aromatic nitrogens is 6. The first-order valence-corrected chi connectivity index (χ1v) is 7.27. The highest BCUT2D eigenvalue weighted by atomic mass is 15.4. The number of piperidine rings is 1. The maximum absolute atomic E-state index is 4.51. The fourth-order valence-corrected chi connectivity index (χ4v) is 2.84. The molecule has 0 spiro atoms. The normalized spacial score (nSPS) is 20.4. The van der Waals surface area contributed by atoms with Gasteiger partial charge in [0, 0.05) is 6.54 Å². The molecule has 1 saturated heterocycles. The molecule has 0 amide bonds. The van der Waals surface area contributed by atoms with Gasteiger partial charge in [-0.15, -0.1) is 0 Å². The lowest BCUT2D eigenvalue weighted by atomic mass is 10.0. The van der Waals surface area contributed by atoms with E-state index in [0.29, 0.717) is 0 Å². The third-order valence-corrected chi connectivity index (χ3v) is 3.87. The highest BCUT2D eigenvalue weighted by Gasteiger charge is 2.28. The van der Waals surface area contributed by atoms with Crippen molar-refractivity contribution in [2.45, 2.75) is 52.2 Å². The molecule has 0 radical (unpaired) electrons. The van der Waals surface area contributed by atoms with Gasteiger partial charge in [-0.05, 0) is 33.2 Å². The SMILES string of the molecule is CCn1ncnc1CN1CCCC[C@@H]1c1n[nH]c(C)n1. The van der Waals surface area contributed by atoms with Gasteiger partial charge in [0.15, 0.2) is 5.82 Å². The minimum Gasteiger partial charge on any atom is -0.286 e. The van der Waals surface area contributed by atoms with E-state index in [4.69, 9.17) is 0 Å². The van der Waals surface area contributed by atoms with Gasteiger partial charge in [-0.2, -0.15) is 10.2 Å². The van der Waals surface area contributed by atoms with E-state index in [-0.39, 0.29) is 6.04 Å². The zero-order valence-corrected chi connectivity index (χ0v) is 12.1. The summed E-state index contributed by atoms with van der Waals surface area (Å²) < 4.78 is 1.95. The van der Waals surface area contributed by atoms with Gasteiger partial charge in [0.25, 0.3) is 0 Å². The Hall–Kier alpha value is -1.76. The number of hydrogen-bond donors (Lipinski definition) is 1. The summed E-state index contributed by atoms with van der Waals surface area (Å²) in [7, 11) is 0. The second kappa shape index (κ2) is 5.70. The average Bonchev–Trinajstić information content (AvgIpc) is 3.08. The van der Waals surface area contributed by atoms with Gasteiger partial charge in [0.05, 0.1) is 12.6 Å². The zero-order chi connectivity index (χ0) is 13.9. The van der Waals surface area contributed by atoms with E-state index in [1.165, 1.54) is 12.8 Å². The van der Waals surface area contributed by atoms with Crippen molar-refractivity contribution < 1.29 is 0 Å². The summed E-state index contributed by atoms with van der Waals surface area (Å²) in [5.74, 6) is 2.80. The molecule has 7 heteroatoms. The lowest BCUT2D eigenvalue weighted by molar-refractivity contribution is 0.128. The maximum atomic E-state index is 4.51. The summed E-state index contributed by atoms with van der Waals surface area (Å²) in [6, 6.07) is 0.288. The Morgan fingerprint density at radius 2 is 2.30 bits per heavy atom. The predicted molar refractivity (Wildman–Crippen MR) is 73.8 cm³/mol. The maximum Gasteiger partial charge on any atom is 0.167 e. The summed E-state index contributed by atoms with van der Waals surface area (Å²) in [5.41, 5.74) is 0. The molecule has 1 atom stereocenters. The summed E-state index contributed by atoms with van der Waals surface area (Å²) in [5, 5.41) is 11.5. The van der Waals surface area contributed by atoms with Crippen LogP contribution in [0, 0.1) is 6.92 Å². The monoisotopic (exact) mass is 275 g/mol. The Morgan fingerprint density at radius 1 is 1.40 bits per heavy atom. The molecule has 3 heterocycles. The molecule has 1 fully saturated rings. The molecule has 0 unspecified atom stereocenters. The number of aryl methyl sites for hydroxylation is 2. The summed E-state index contributed by atoms with van der Waals surface area (Å²) in [4.78, 5) is 11.3. The van der Waals surface area contributed by atoms with Crippen LogP contribution in [0.4, 0.5) is 0 Å². The van der Waals surface area contributed by atoms with Crippen LogP contribution in [0.1, 0.15) is 49.7 Å². The van der Waals surface area contributed by atoms with E-state index in [1.807, 2.05) is 11.6 Å². The minimum atomic E-state index is 0.288. The van der Waals surface area contributed by atoms with Gasteiger partial charge in [-0.1, -0.05) is 6.42 Å². The third kappa shape index (κ3) is 2.58. The van der Waals surface area contributed by atoms with Crippen molar-refractivity contribution in [3.8, 4) is 0 Å². The largest absolute Gasteiger partial charge is 0.286 e. The van der Waals surface area contributed by atoms with Crippen LogP contribution in [-0.4, -0.2) is 41.4 Å². The Balaban J connectivity index is 1.79. The zero-order valence-electron chi connectivity index (χ0n) is 12.1. The predicted octanol–water partition coefficient (Wildman–Crippen LogP) is 1.45. The highest BCUT2D eigenvalue weighted by molar-refractivity contribution is 4.99. The summed E-state index contributed by atoms with van der Waals surface area (Å²) >= 11 is 0. The summed E-state index contributed by atoms with van der Waals surface area (Å²) in [6.07, 6.45) is 5.20. The number of H-pyrrole nitrogens is 1. The molecule has 20 heavy (non-hydrogen) atoms. The van der Waals surface area contributed by atoms with E-state index in [9.17, 15) is 0 Å². The second-order valence-electron chi connectivity index (χ2n) is 5.25. The van der Waals surface area contributed by atoms with Crippen LogP contribution in [0.15, 0.2) is 6.33 Å². The van der Waals surface area contributed by atoms with E-state index in [1.54, 1.807) is 6.33 Å². The summed E-state index contributed by atoms with van der Waals surface area (Å²) in [6.45, 7) is 6.76. The number of likely N-dealkylation sites (tertiary alicyclic amines) is 1. The Labute approximate surface area is 118 Å². The molecule has 1 N–H and O–H groups in total. The molecule has 0 bridgehead atoms. The first kappa shape index (κ1) is 13.2. The van der Waals surface area contributed by atoms with Gasteiger partial charge < -0.3 is 0 Å². The molecular weight excluding hydrogens is 254 g/mol. The van der Waals surface area contributed by atoms with Gasteiger partial charge in [0.2, 0.25) is 0 Å². The first-order chi connectivity index (χ1) is 9.78. The van der Waals surface area contributed by atoms with Crippen LogP contribution in [0.25, 0.3) is 0 Å². The number of rotatable bonds is 4. The van der Waals surface area contributed by atoms with E-state index in [0.717, 1.165) is 43.5 Å². The van der Waals surface area contributed by atoms with Crippen LogP contribution < -0.4 is 0 Å². The fraction of sp³-hybridized carbons (Fsp3) is 0.692. The minimum absolute atomic E-state index is 0.288. The van der Waals surface area contributed by atoms with Gasteiger partial charge in [-0.25, -0.2) is 14.6 Å². The molecule has 2 aromatic rings. The molecule has 0 aliphatic carbocycles. The Bertz CT molecular complexity index is 559. The number of hydrogen-bond acceptors (Lipinski definition) is 5. The van der Waals surface area contributed by atoms with Crippen molar-refractivity contribution in [3.05, 3.63) is 23.8 Å². The van der Waals surface area contributed by atoms with Crippen molar-refractivity contribution in [1.82, 2.24) is 34.8 Å². The standard InChI is InChI=1S/C13H21N7/c1-3-20-12(14-9-15-20)8-19-7-5-4-6-11(19)13-16-10(2)17-18-13/h9,11H,3-8H2,1-2H3,(H,16,17,18)/t11-/m1/s1. The molecule has 0 saturated carbocycles. The lowest BCUT2D eigenvalue weighted by Gasteiger charge is -2.33. The number of aromatic amines is 1. The molecule has 0 aromatic carbocycles. The molecule has 3 rings (SSSR count). The van der Waals surface area contributed by atoms with Crippen molar-refractivity contribution in [1.29, 1.82) is 0 Å². The smallest absolute Gasteiger partial charge is 0.167 e. The second-order valence-corrected chi connectivity index (χ2v) is 5.25. The van der Waals surface area contributed by atoms with Crippen LogP contribution in [0.2, 0.25) is 0 Å². The number of nitrogens with zero attached hydrogens (tertiary/aromatic N) is 6. The van der Waals surface area contributed by atoms with Crippen LogP contribution in [-0.2, 0) is 13.1 Å². The van der Waals surface area contributed by atoms with Crippen molar-refractivity contribution >= 4 is 0 Å². The van der Waals surface area contributed by atoms with Gasteiger partial charge >= 0.3 is 0 Å². The van der Waals surface area contributed by atoms with Crippen LogP contribution in [0.5, 0.6) is 0 Å². The topological polar surface area (TPSA) is 75.5 Å². The molecule has 7 nitrogen and oxygen atoms in total. The average molecular weight is 275 g/mol. The molecule has 2 aromatic heterocycles. The Morgan fingerprint density at radius 3 is 3.05 bits per heavy atom. The molecular formula is C13H21N7. The third-order valence-electron chi connectivity index (χ3n) is 3.87. The molecule has 108 valence electrons. The number of nitrogens with one attached hydrogen (secondary N) is 1. The molecule has 1 aliphatic heterocycles. The van der Waals surface area contributed by atoms with E-state index < -0.39 is 0 Å². The molecule has 1 aliphatic rings. The van der Waals surface area contributed by atoms with Gasteiger partial charge in [-0.3, -0.25) is 10.00 Å². The van der Waals surface area contributed by atoms with E-state index >= 15 is 0 Å². The van der Waals surface area contributed by atoms with Crippen LogP contribution >= 0.6 is 0 Å². The Kier molecular flexibility index (Phi) is 3.77. The van der Waals surface area contributed by atoms with E-state index in [2.05, 4.69) is 37.1 Å². The van der Waals surface area contributed by atoms with Crippen molar-refractivity contribution in [3.63, 3.8) is 0 Å². The van der Waals surface area contributed by atoms with Crippen LogP contribution in [0.3, 0.4) is 0 Å². The lowest BCUT2D eigenvalue weighted by Crippen LogP contribution is -2.34. The fourth-order valence-electron chi connectivity index (χ4n) is 2.84. The van der Waals surface area contributed by atoms with Gasteiger partial charge in [0.1, 0.15) is 18.0 Å².